The minimum absolute atomic E-state index is 1.29. The van der Waals surface area contributed by atoms with Gasteiger partial charge in [-0.05, 0) is 24.3 Å². The van der Waals surface area contributed by atoms with Crippen LogP contribution in [-0.2, 0) is 0 Å². The monoisotopic (exact) mass is 300 g/mol. The molecule has 0 atom stereocenters. The van der Waals surface area contributed by atoms with E-state index in [9.17, 15) is 0 Å². The molecule has 106 valence electrons. The van der Waals surface area contributed by atoms with Crippen LogP contribution in [0.5, 0.6) is 0 Å². The molecule has 0 aliphatic carbocycles. The Morgan fingerprint density at radius 1 is 0.700 bits per heavy atom. The number of rotatable bonds is 5. The molecule has 0 saturated heterocycles. The Labute approximate surface area is 124 Å². The summed E-state index contributed by atoms with van der Waals surface area (Å²) in [7, 11) is -2.85. The lowest BCUT2D eigenvalue weighted by molar-refractivity contribution is 1.25. The maximum absolute atomic E-state index is 4.59. The first kappa shape index (κ1) is 15.1. The molecule has 20 heavy (non-hydrogen) atoms. The SMILES string of the molecule is C[Si](C)(CC[Si](C)(C)c1ccccn1)c1ccccn1. The maximum Gasteiger partial charge on any atom is 0.104 e. The van der Waals surface area contributed by atoms with Crippen LogP contribution >= 0.6 is 0 Å². The molecule has 2 nitrogen and oxygen atoms in total. The first-order valence-corrected chi connectivity index (χ1v) is 13.7. The van der Waals surface area contributed by atoms with E-state index in [-0.39, 0.29) is 0 Å². The highest BCUT2D eigenvalue weighted by molar-refractivity contribution is 6.93. The topological polar surface area (TPSA) is 25.8 Å². The molecule has 0 spiro atoms. The highest BCUT2D eigenvalue weighted by atomic mass is 28.3. The fraction of sp³-hybridized carbons (Fsp3) is 0.375. The van der Waals surface area contributed by atoms with Gasteiger partial charge in [0, 0.05) is 23.0 Å². The summed E-state index contributed by atoms with van der Waals surface area (Å²) in [6.07, 6.45) is 3.84. The molecular formula is C16H24N2Si2. The van der Waals surface area contributed by atoms with E-state index in [0.29, 0.717) is 0 Å². The molecule has 0 unspecified atom stereocenters. The molecule has 0 N–H and O–H groups in total. The van der Waals surface area contributed by atoms with Crippen LogP contribution in [0.25, 0.3) is 0 Å². The largest absolute Gasteiger partial charge is 0.266 e. The third kappa shape index (κ3) is 3.64. The molecular weight excluding hydrogens is 276 g/mol. The lowest BCUT2D eigenvalue weighted by atomic mass is 10.5. The number of hydrogen-bond donors (Lipinski definition) is 0. The minimum atomic E-state index is -1.43. The van der Waals surface area contributed by atoms with E-state index in [0.717, 1.165) is 0 Å². The van der Waals surface area contributed by atoms with Gasteiger partial charge in [0.25, 0.3) is 0 Å². The molecule has 0 aromatic carbocycles. The van der Waals surface area contributed by atoms with Crippen LogP contribution in [0.3, 0.4) is 0 Å². The van der Waals surface area contributed by atoms with Crippen LogP contribution in [0.1, 0.15) is 0 Å². The molecule has 2 heterocycles. The van der Waals surface area contributed by atoms with Crippen LogP contribution in [0, 0.1) is 0 Å². The highest BCUT2D eigenvalue weighted by Crippen LogP contribution is 2.19. The fourth-order valence-electron chi connectivity index (χ4n) is 2.41. The van der Waals surface area contributed by atoms with Gasteiger partial charge in [-0.2, -0.15) is 0 Å². The second-order valence-corrected chi connectivity index (χ2v) is 16.3. The molecule has 0 amide bonds. The number of hydrogen-bond acceptors (Lipinski definition) is 2. The van der Waals surface area contributed by atoms with Gasteiger partial charge in [0.1, 0.15) is 16.1 Å². The molecule has 0 aliphatic rings. The second kappa shape index (κ2) is 6.01. The van der Waals surface area contributed by atoms with Gasteiger partial charge in [-0.25, -0.2) is 0 Å². The standard InChI is InChI=1S/C16H24N2Si2/c1-19(2,15-9-5-7-11-17-15)13-14-20(3,4)16-10-6-8-12-18-16/h5-12H,13-14H2,1-4H3. The maximum atomic E-state index is 4.59. The summed E-state index contributed by atoms with van der Waals surface area (Å²) < 4.78 is 0. The minimum Gasteiger partial charge on any atom is -0.266 e. The van der Waals surface area contributed by atoms with E-state index in [4.69, 9.17) is 0 Å². The summed E-state index contributed by atoms with van der Waals surface area (Å²) in [6.45, 7) is 9.72. The Balaban J connectivity index is 2.08. The van der Waals surface area contributed by atoms with Crippen molar-refractivity contribution in [3.63, 3.8) is 0 Å². The van der Waals surface area contributed by atoms with Crippen molar-refractivity contribution in [1.29, 1.82) is 0 Å². The molecule has 0 saturated carbocycles. The summed E-state index contributed by atoms with van der Waals surface area (Å²) in [5.41, 5.74) is 0. The molecule has 0 aliphatic heterocycles. The van der Waals surface area contributed by atoms with E-state index in [1.54, 1.807) is 0 Å². The van der Waals surface area contributed by atoms with Crippen LogP contribution in [0.15, 0.2) is 48.8 Å². The zero-order chi connectivity index (χ0) is 14.6. The van der Waals surface area contributed by atoms with Gasteiger partial charge in [-0.15, -0.1) is 0 Å². The van der Waals surface area contributed by atoms with E-state index in [2.05, 4.69) is 60.4 Å². The molecule has 0 fully saturated rings. The quantitative estimate of drug-likeness (QED) is 0.793. The zero-order valence-electron chi connectivity index (χ0n) is 12.9. The van der Waals surface area contributed by atoms with Crippen molar-refractivity contribution in [1.82, 2.24) is 9.97 Å². The third-order valence-electron chi connectivity index (χ3n) is 4.09. The van der Waals surface area contributed by atoms with E-state index in [1.807, 2.05) is 24.5 Å². The fourth-order valence-corrected chi connectivity index (χ4v) is 9.86. The Morgan fingerprint density at radius 2 is 1.10 bits per heavy atom. The van der Waals surface area contributed by atoms with E-state index >= 15 is 0 Å². The molecule has 0 radical (unpaired) electrons. The van der Waals surface area contributed by atoms with Crippen molar-refractivity contribution in [3.8, 4) is 0 Å². The predicted octanol–water partition coefficient (Wildman–Crippen LogP) is 3.01. The lowest BCUT2D eigenvalue weighted by Crippen LogP contribution is -2.48. The van der Waals surface area contributed by atoms with E-state index < -0.39 is 16.1 Å². The van der Waals surface area contributed by atoms with Crippen molar-refractivity contribution in [2.24, 2.45) is 0 Å². The second-order valence-electron chi connectivity index (χ2n) is 6.70. The van der Waals surface area contributed by atoms with Crippen molar-refractivity contribution >= 4 is 26.8 Å². The van der Waals surface area contributed by atoms with Gasteiger partial charge in [-0.1, -0.05) is 50.4 Å². The van der Waals surface area contributed by atoms with Crippen molar-refractivity contribution < 1.29 is 0 Å². The Kier molecular flexibility index (Phi) is 4.55. The van der Waals surface area contributed by atoms with Crippen molar-refractivity contribution in [2.45, 2.75) is 38.3 Å². The van der Waals surface area contributed by atoms with Gasteiger partial charge < -0.3 is 0 Å². The van der Waals surface area contributed by atoms with E-state index in [1.165, 1.54) is 22.7 Å². The van der Waals surface area contributed by atoms with Crippen LogP contribution in [0.2, 0.25) is 38.3 Å². The molecule has 4 heteroatoms. The summed E-state index contributed by atoms with van der Waals surface area (Å²) in [5, 5.41) is 2.65. The lowest BCUT2D eigenvalue weighted by Gasteiger charge is -2.27. The van der Waals surface area contributed by atoms with Gasteiger partial charge in [-0.3, -0.25) is 9.97 Å². The first-order chi connectivity index (χ1) is 9.42. The highest BCUT2D eigenvalue weighted by Gasteiger charge is 2.31. The predicted molar refractivity (Wildman–Crippen MR) is 92.3 cm³/mol. The normalized spacial score (nSPS) is 12.4. The van der Waals surface area contributed by atoms with Crippen LogP contribution in [0.4, 0.5) is 0 Å². The van der Waals surface area contributed by atoms with Crippen LogP contribution < -0.4 is 10.6 Å². The smallest absolute Gasteiger partial charge is 0.104 e. The Bertz CT molecular complexity index is 487. The molecule has 2 aromatic heterocycles. The average Bonchev–Trinajstić information content (AvgIpc) is 2.47. The molecule has 2 rings (SSSR count). The number of aromatic nitrogens is 2. The van der Waals surface area contributed by atoms with Crippen molar-refractivity contribution in [3.05, 3.63) is 48.8 Å². The van der Waals surface area contributed by atoms with Gasteiger partial charge >= 0.3 is 0 Å². The third-order valence-corrected chi connectivity index (χ3v) is 11.0. The number of nitrogens with zero attached hydrogens (tertiary/aromatic N) is 2. The summed E-state index contributed by atoms with van der Waals surface area (Å²) in [4.78, 5) is 9.17. The average molecular weight is 301 g/mol. The molecule has 2 aromatic rings. The Morgan fingerprint density at radius 3 is 1.40 bits per heavy atom. The summed E-state index contributed by atoms with van der Waals surface area (Å²) >= 11 is 0. The molecule has 0 bridgehead atoms. The van der Waals surface area contributed by atoms with Gasteiger partial charge in [0.05, 0.1) is 0 Å². The van der Waals surface area contributed by atoms with Gasteiger partial charge in [0.2, 0.25) is 0 Å². The summed E-state index contributed by atoms with van der Waals surface area (Å²) in [6, 6.07) is 15.2. The first-order valence-electron chi connectivity index (χ1n) is 7.25. The summed E-state index contributed by atoms with van der Waals surface area (Å²) in [5.74, 6) is 0. The Hall–Kier alpha value is -1.27. The van der Waals surface area contributed by atoms with Crippen molar-refractivity contribution in [2.75, 3.05) is 0 Å². The zero-order valence-corrected chi connectivity index (χ0v) is 14.9. The van der Waals surface area contributed by atoms with Gasteiger partial charge in [0.15, 0.2) is 0 Å². The number of pyridine rings is 2. The van der Waals surface area contributed by atoms with Crippen LogP contribution in [-0.4, -0.2) is 26.1 Å².